The second kappa shape index (κ2) is 7.40. The van der Waals surface area contributed by atoms with Gasteiger partial charge in [-0.15, -0.1) is 16.4 Å². The molecule has 2 heterocycles. The van der Waals surface area contributed by atoms with Crippen LogP contribution in [-0.2, 0) is 17.4 Å². The number of hydrogen-bond acceptors (Lipinski definition) is 5. The van der Waals surface area contributed by atoms with Gasteiger partial charge in [-0.05, 0) is 29.5 Å². The van der Waals surface area contributed by atoms with E-state index in [1.165, 1.54) is 17.4 Å². The molecule has 0 saturated carbocycles. The third-order valence-corrected chi connectivity index (χ3v) is 5.21. The van der Waals surface area contributed by atoms with Crippen LogP contribution in [0.25, 0.3) is 0 Å². The highest BCUT2D eigenvalue weighted by atomic mass is 32.2. The number of thiophene rings is 1. The summed E-state index contributed by atoms with van der Waals surface area (Å²) in [6, 6.07) is 8.76. The van der Waals surface area contributed by atoms with Crippen molar-refractivity contribution in [3.05, 3.63) is 57.8 Å². The van der Waals surface area contributed by atoms with E-state index in [0.717, 1.165) is 28.8 Å². The van der Waals surface area contributed by atoms with Gasteiger partial charge in [-0.2, -0.15) is 18.3 Å². The molecule has 1 aromatic heterocycles. The SMILES string of the molecule is O=C1N/C(=N\N=C\c2cccs2)SC1Cc1cccc(C(F)(F)F)c1. The van der Waals surface area contributed by atoms with Crippen molar-refractivity contribution in [2.45, 2.75) is 17.8 Å². The van der Waals surface area contributed by atoms with Gasteiger partial charge in [0.1, 0.15) is 0 Å². The van der Waals surface area contributed by atoms with E-state index in [2.05, 4.69) is 15.5 Å². The fourth-order valence-electron chi connectivity index (χ4n) is 2.18. The molecule has 1 aliphatic heterocycles. The van der Waals surface area contributed by atoms with E-state index in [-0.39, 0.29) is 12.3 Å². The van der Waals surface area contributed by atoms with Gasteiger partial charge in [0, 0.05) is 4.88 Å². The number of amides is 1. The van der Waals surface area contributed by atoms with E-state index in [4.69, 9.17) is 0 Å². The Bertz CT molecular complexity index is 816. The first-order chi connectivity index (χ1) is 11.9. The van der Waals surface area contributed by atoms with Crippen LogP contribution in [0.5, 0.6) is 0 Å². The molecule has 1 N–H and O–H groups in total. The van der Waals surface area contributed by atoms with Crippen molar-refractivity contribution in [1.29, 1.82) is 0 Å². The molecular weight excluding hydrogens is 371 g/mol. The Morgan fingerprint density at radius 3 is 2.80 bits per heavy atom. The monoisotopic (exact) mass is 383 g/mol. The van der Waals surface area contributed by atoms with E-state index in [0.29, 0.717) is 10.7 Å². The Kier molecular flexibility index (Phi) is 5.24. The lowest BCUT2D eigenvalue weighted by Gasteiger charge is -2.10. The average Bonchev–Trinajstić information content (AvgIpc) is 3.18. The number of thioether (sulfide) groups is 1. The minimum absolute atomic E-state index is 0.189. The molecule has 130 valence electrons. The largest absolute Gasteiger partial charge is 0.416 e. The average molecular weight is 383 g/mol. The molecule has 3 rings (SSSR count). The van der Waals surface area contributed by atoms with Crippen LogP contribution < -0.4 is 5.32 Å². The number of carbonyl (C=O) groups excluding carboxylic acids is 1. The fourth-order valence-corrected chi connectivity index (χ4v) is 3.72. The summed E-state index contributed by atoms with van der Waals surface area (Å²) in [7, 11) is 0. The predicted molar refractivity (Wildman–Crippen MR) is 94.0 cm³/mol. The molecule has 0 aliphatic carbocycles. The summed E-state index contributed by atoms with van der Waals surface area (Å²) in [5.74, 6) is -0.285. The van der Waals surface area contributed by atoms with Crippen LogP contribution in [0.3, 0.4) is 0 Å². The molecule has 1 aromatic carbocycles. The Hall–Kier alpha value is -2.13. The highest BCUT2D eigenvalue weighted by molar-refractivity contribution is 8.15. The third-order valence-electron chi connectivity index (χ3n) is 3.33. The molecular formula is C16H12F3N3OS2. The first-order valence-electron chi connectivity index (χ1n) is 7.20. The second-order valence-corrected chi connectivity index (χ2v) is 7.33. The van der Waals surface area contributed by atoms with Gasteiger partial charge >= 0.3 is 6.18 Å². The highest BCUT2D eigenvalue weighted by Gasteiger charge is 2.33. The maximum absolute atomic E-state index is 12.8. The fraction of sp³-hybridized carbons (Fsp3) is 0.188. The van der Waals surface area contributed by atoms with Gasteiger partial charge in [-0.25, -0.2) is 0 Å². The topological polar surface area (TPSA) is 53.8 Å². The zero-order valence-corrected chi connectivity index (χ0v) is 14.3. The summed E-state index contributed by atoms with van der Waals surface area (Å²) in [6.45, 7) is 0. The van der Waals surface area contributed by atoms with Gasteiger partial charge in [0.05, 0.1) is 17.0 Å². The van der Waals surface area contributed by atoms with Crippen molar-refractivity contribution in [3.63, 3.8) is 0 Å². The smallest absolute Gasteiger partial charge is 0.303 e. The van der Waals surface area contributed by atoms with Crippen molar-refractivity contribution in [1.82, 2.24) is 5.32 Å². The molecule has 1 fully saturated rings. The lowest BCUT2D eigenvalue weighted by molar-refractivity contribution is -0.137. The molecule has 1 saturated heterocycles. The van der Waals surface area contributed by atoms with Crippen LogP contribution in [0.15, 0.2) is 52.0 Å². The molecule has 1 unspecified atom stereocenters. The normalized spacial score (nSPS) is 19.7. The summed E-state index contributed by atoms with van der Waals surface area (Å²) in [5.41, 5.74) is -0.270. The molecule has 1 amide bonds. The van der Waals surface area contributed by atoms with Crippen molar-refractivity contribution >= 4 is 40.4 Å². The van der Waals surface area contributed by atoms with Crippen molar-refractivity contribution in [3.8, 4) is 0 Å². The van der Waals surface area contributed by atoms with Crippen LogP contribution >= 0.6 is 23.1 Å². The number of carbonyl (C=O) groups is 1. The lowest BCUT2D eigenvalue weighted by Crippen LogP contribution is -2.26. The van der Waals surface area contributed by atoms with Crippen molar-refractivity contribution < 1.29 is 18.0 Å². The minimum Gasteiger partial charge on any atom is -0.303 e. The molecule has 4 nitrogen and oxygen atoms in total. The Balaban J connectivity index is 1.65. The number of benzene rings is 1. The summed E-state index contributed by atoms with van der Waals surface area (Å²) in [4.78, 5) is 12.9. The minimum atomic E-state index is -4.40. The quantitative estimate of drug-likeness (QED) is 0.642. The first-order valence-corrected chi connectivity index (χ1v) is 8.96. The van der Waals surface area contributed by atoms with E-state index < -0.39 is 17.0 Å². The molecule has 0 spiro atoms. The number of nitrogens with zero attached hydrogens (tertiary/aromatic N) is 2. The molecule has 25 heavy (non-hydrogen) atoms. The standard InChI is InChI=1S/C16H12F3N3OS2/c17-16(18,19)11-4-1-3-10(7-11)8-13-14(23)21-15(25-13)22-20-9-12-5-2-6-24-12/h1-7,9,13H,8H2,(H,21,22,23)/b20-9+. The zero-order valence-electron chi connectivity index (χ0n) is 12.7. The number of rotatable bonds is 4. The van der Waals surface area contributed by atoms with E-state index in [9.17, 15) is 18.0 Å². The van der Waals surface area contributed by atoms with Gasteiger partial charge < -0.3 is 5.32 Å². The summed E-state index contributed by atoms with van der Waals surface area (Å²) >= 11 is 2.67. The van der Waals surface area contributed by atoms with Crippen LogP contribution in [-0.4, -0.2) is 22.5 Å². The van der Waals surface area contributed by atoms with E-state index in [1.54, 1.807) is 12.3 Å². The molecule has 9 heteroatoms. The van der Waals surface area contributed by atoms with Crippen molar-refractivity contribution in [2.24, 2.45) is 10.2 Å². The number of hydrogen-bond donors (Lipinski definition) is 1. The number of amidine groups is 1. The van der Waals surface area contributed by atoms with Gasteiger partial charge in [0.25, 0.3) is 0 Å². The number of nitrogens with one attached hydrogen (secondary N) is 1. The highest BCUT2D eigenvalue weighted by Crippen LogP contribution is 2.31. The maximum atomic E-state index is 12.8. The van der Waals surface area contributed by atoms with E-state index in [1.807, 2.05) is 17.5 Å². The summed E-state index contributed by atoms with van der Waals surface area (Å²) in [5, 5.41) is 12.2. The van der Waals surface area contributed by atoms with Crippen LogP contribution in [0, 0.1) is 0 Å². The summed E-state index contributed by atoms with van der Waals surface area (Å²) < 4.78 is 38.3. The Morgan fingerprint density at radius 1 is 1.24 bits per heavy atom. The van der Waals surface area contributed by atoms with Crippen LogP contribution in [0.2, 0.25) is 0 Å². The Labute approximate surface area is 149 Å². The van der Waals surface area contributed by atoms with Gasteiger partial charge in [-0.3, -0.25) is 4.79 Å². The van der Waals surface area contributed by atoms with E-state index >= 15 is 0 Å². The third kappa shape index (κ3) is 4.70. The molecule has 1 atom stereocenters. The Morgan fingerprint density at radius 2 is 2.08 bits per heavy atom. The van der Waals surface area contributed by atoms with Gasteiger partial charge in [0.2, 0.25) is 5.91 Å². The second-order valence-electron chi connectivity index (χ2n) is 5.16. The van der Waals surface area contributed by atoms with Crippen LogP contribution in [0.1, 0.15) is 16.0 Å². The number of alkyl halides is 3. The number of halogens is 3. The van der Waals surface area contributed by atoms with Crippen molar-refractivity contribution in [2.75, 3.05) is 0 Å². The first kappa shape index (κ1) is 17.7. The maximum Gasteiger partial charge on any atom is 0.416 e. The van der Waals surface area contributed by atoms with Gasteiger partial charge in [-0.1, -0.05) is 36.0 Å². The summed E-state index contributed by atoms with van der Waals surface area (Å²) in [6.07, 6.45) is -2.64. The lowest BCUT2D eigenvalue weighted by atomic mass is 10.1. The predicted octanol–water partition coefficient (Wildman–Crippen LogP) is 3.93. The molecule has 2 aromatic rings. The van der Waals surface area contributed by atoms with Crippen LogP contribution in [0.4, 0.5) is 13.2 Å². The van der Waals surface area contributed by atoms with Gasteiger partial charge in [0.15, 0.2) is 5.17 Å². The molecule has 0 bridgehead atoms. The molecule has 1 aliphatic rings. The zero-order chi connectivity index (χ0) is 17.9. The molecule has 0 radical (unpaired) electrons.